The van der Waals surface area contributed by atoms with E-state index in [1.165, 1.54) is 14.0 Å². The molecule has 9 heteroatoms. The molecule has 16 heavy (non-hydrogen) atoms. The van der Waals surface area contributed by atoms with Crippen molar-refractivity contribution < 1.29 is 13.2 Å². The summed E-state index contributed by atoms with van der Waals surface area (Å²) in [5, 5.41) is 9.08. The van der Waals surface area contributed by atoms with Crippen LogP contribution in [0.4, 0.5) is 5.82 Å². The Morgan fingerprint density at radius 1 is 1.56 bits per heavy atom. The molecule has 1 aromatic heterocycles. The van der Waals surface area contributed by atoms with Gasteiger partial charge in [0.1, 0.15) is 6.54 Å². The number of hydrogen-bond donors (Lipinski definition) is 2. The largest absolute Gasteiger partial charge is 0.381 e. The Hall–Kier alpha value is -1.64. The van der Waals surface area contributed by atoms with E-state index in [2.05, 4.69) is 15.6 Å². The summed E-state index contributed by atoms with van der Waals surface area (Å²) in [5.41, 5.74) is 5.55. The molecule has 0 aromatic carbocycles. The van der Waals surface area contributed by atoms with Crippen molar-refractivity contribution in [3.05, 3.63) is 0 Å². The fourth-order valence-corrected chi connectivity index (χ4v) is 1.85. The van der Waals surface area contributed by atoms with Crippen molar-refractivity contribution in [1.29, 1.82) is 0 Å². The summed E-state index contributed by atoms with van der Waals surface area (Å²) in [5.74, 6) is -0.571. The minimum absolute atomic E-state index is 0.115. The summed E-state index contributed by atoms with van der Waals surface area (Å²) < 4.78 is 24.0. The molecule has 1 heterocycles. The Morgan fingerprint density at radius 3 is 2.69 bits per heavy atom. The second-order valence-electron chi connectivity index (χ2n) is 3.01. The van der Waals surface area contributed by atoms with Crippen molar-refractivity contribution in [1.82, 2.24) is 20.3 Å². The quantitative estimate of drug-likeness (QED) is 0.661. The minimum atomic E-state index is -3.50. The number of sulfone groups is 1. The Kier molecular flexibility index (Phi) is 3.48. The molecule has 3 N–H and O–H groups in total. The standard InChI is InChI=1S/C7H13N5O3S/c1-3-16(14,15)7-6(8)12(11-10-7)4-5(13)9-2/h3-4,8H2,1-2H3,(H,9,13). The maximum Gasteiger partial charge on any atom is 0.241 e. The molecule has 0 saturated carbocycles. The van der Waals surface area contributed by atoms with Crippen LogP contribution in [-0.4, -0.2) is 42.1 Å². The third-order valence-electron chi connectivity index (χ3n) is 1.99. The van der Waals surface area contributed by atoms with Crippen LogP contribution in [0, 0.1) is 0 Å². The molecule has 1 rings (SSSR count). The Labute approximate surface area is 92.7 Å². The van der Waals surface area contributed by atoms with E-state index in [-0.39, 0.29) is 29.0 Å². The number of nitrogen functional groups attached to an aromatic ring is 1. The van der Waals surface area contributed by atoms with Crippen LogP contribution >= 0.6 is 0 Å². The highest BCUT2D eigenvalue weighted by atomic mass is 32.2. The van der Waals surface area contributed by atoms with Gasteiger partial charge in [-0.2, -0.15) is 0 Å². The lowest BCUT2D eigenvalue weighted by Crippen LogP contribution is -2.25. The maximum atomic E-state index is 11.5. The van der Waals surface area contributed by atoms with Gasteiger partial charge in [-0.25, -0.2) is 13.1 Å². The molecule has 0 spiro atoms. The zero-order valence-electron chi connectivity index (χ0n) is 8.97. The van der Waals surface area contributed by atoms with Crippen LogP contribution in [0.3, 0.4) is 0 Å². The number of amides is 1. The zero-order chi connectivity index (χ0) is 12.3. The van der Waals surface area contributed by atoms with Gasteiger partial charge in [0.25, 0.3) is 0 Å². The van der Waals surface area contributed by atoms with E-state index in [0.717, 1.165) is 4.68 Å². The highest BCUT2D eigenvalue weighted by Gasteiger charge is 2.22. The molecule has 0 unspecified atom stereocenters. The summed E-state index contributed by atoms with van der Waals surface area (Å²) in [7, 11) is -2.04. The first-order valence-corrected chi connectivity index (χ1v) is 6.20. The summed E-state index contributed by atoms with van der Waals surface area (Å²) in [6, 6.07) is 0. The maximum absolute atomic E-state index is 11.5. The van der Waals surface area contributed by atoms with E-state index in [9.17, 15) is 13.2 Å². The Morgan fingerprint density at radius 2 is 2.19 bits per heavy atom. The van der Waals surface area contributed by atoms with Gasteiger partial charge in [0.05, 0.1) is 5.75 Å². The number of nitrogens with one attached hydrogen (secondary N) is 1. The molecule has 0 fully saturated rings. The number of nitrogens with zero attached hydrogens (tertiary/aromatic N) is 3. The van der Waals surface area contributed by atoms with Crippen LogP contribution in [0.2, 0.25) is 0 Å². The average Bonchev–Trinajstić information content (AvgIpc) is 2.61. The van der Waals surface area contributed by atoms with E-state index in [0.29, 0.717) is 0 Å². The van der Waals surface area contributed by atoms with Crippen LogP contribution in [0.25, 0.3) is 0 Å². The Balaban J connectivity index is 3.07. The van der Waals surface area contributed by atoms with E-state index in [1.807, 2.05) is 0 Å². The summed E-state index contributed by atoms with van der Waals surface area (Å²) >= 11 is 0. The highest BCUT2D eigenvalue weighted by Crippen LogP contribution is 2.15. The molecule has 0 aliphatic heterocycles. The van der Waals surface area contributed by atoms with Gasteiger partial charge in [0, 0.05) is 7.05 Å². The zero-order valence-corrected chi connectivity index (χ0v) is 9.78. The predicted octanol–water partition coefficient (Wildman–Crippen LogP) is -1.60. The second-order valence-corrected chi connectivity index (χ2v) is 5.21. The number of nitrogens with two attached hydrogens (primary N) is 1. The molecule has 0 radical (unpaired) electrons. The molecule has 0 aliphatic carbocycles. The van der Waals surface area contributed by atoms with Crippen LogP contribution in [0.5, 0.6) is 0 Å². The number of likely N-dealkylation sites (N-methyl/N-ethyl adjacent to an activating group) is 1. The first kappa shape index (κ1) is 12.4. The van der Waals surface area contributed by atoms with Gasteiger partial charge in [-0.15, -0.1) is 5.10 Å². The first-order chi connectivity index (χ1) is 7.42. The van der Waals surface area contributed by atoms with E-state index >= 15 is 0 Å². The van der Waals surface area contributed by atoms with Gasteiger partial charge in [-0.1, -0.05) is 12.1 Å². The molecule has 1 amide bonds. The van der Waals surface area contributed by atoms with E-state index < -0.39 is 9.84 Å². The SMILES string of the molecule is CCS(=O)(=O)c1nnn(CC(=O)NC)c1N. The van der Waals surface area contributed by atoms with Gasteiger partial charge in [0.2, 0.25) is 20.8 Å². The molecule has 0 aliphatic rings. The second kappa shape index (κ2) is 4.47. The van der Waals surface area contributed by atoms with Gasteiger partial charge < -0.3 is 11.1 Å². The summed E-state index contributed by atoms with van der Waals surface area (Å²) in [4.78, 5) is 11.1. The predicted molar refractivity (Wildman–Crippen MR) is 56.2 cm³/mol. The minimum Gasteiger partial charge on any atom is -0.381 e. The van der Waals surface area contributed by atoms with Gasteiger partial charge in [0.15, 0.2) is 5.82 Å². The van der Waals surface area contributed by atoms with Crippen LogP contribution in [0.1, 0.15) is 6.92 Å². The fraction of sp³-hybridized carbons (Fsp3) is 0.571. The first-order valence-electron chi connectivity index (χ1n) is 4.54. The van der Waals surface area contributed by atoms with Crippen LogP contribution in [-0.2, 0) is 21.2 Å². The smallest absolute Gasteiger partial charge is 0.241 e. The summed E-state index contributed by atoms with van der Waals surface area (Å²) in [6.07, 6.45) is 0. The molecule has 0 bridgehead atoms. The van der Waals surface area contributed by atoms with E-state index in [4.69, 9.17) is 5.73 Å². The molecule has 90 valence electrons. The number of anilines is 1. The van der Waals surface area contributed by atoms with Gasteiger partial charge in [-0.05, 0) is 0 Å². The lowest BCUT2D eigenvalue weighted by Gasteiger charge is -2.02. The molecular formula is C7H13N5O3S. The lowest BCUT2D eigenvalue weighted by atomic mass is 10.6. The third kappa shape index (κ3) is 2.30. The number of hydrogen-bond acceptors (Lipinski definition) is 6. The number of aromatic nitrogens is 3. The van der Waals surface area contributed by atoms with Crippen molar-refractivity contribution >= 4 is 21.6 Å². The van der Waals surface area contributed by atoms with Gasteiger partial charge >= 0.3 is 0 Å². The molecule has 0 atom stereocenters. The number of carbonyl (C=O) groups excluding carboxylic acids is 1. The lowest BCUT2D eigenvalue weighted by molar-refractivity contribution is -0.121. The molecular weight excluding hydrogens is 234 g/mol. The molecule has 1 aromatic rings. The summed E-state index contributed by atoms with van der Waals surface area (Å²) in [6.45, 7) is 1.32. The number of carbonyl (C=O) groups is 1. The van der Waals surface area contributed by atoms with Crippen molar-refractivity contribution in [2.45, 2.75) is 18.5 Å². The third-order valence-corrected chi connectivity index (χ3v) is 3.63. The molecule has 0 saturated heterocycles. The van der Waals surface area contributed by atoms with Crippen molar-refractivity contribution in [2.75, 3.05) is 18.5 Å². The average molecular weight is 247 g/mol. The highest BCUT2D eigenvalue weighted by molar-refractivity contribution is 7.91. The van der Waals surface area contributed by atoms with Crippen LogP contribution < -0.4 is 11.1 Å². The number of rotatable bonds is 4. The van der Waals surface area contributed by atoms with Gasteiger partial charge in [-0.3, -0.25) is 4.79 Å². The molecule has 8 nitrogen and oxygen atoms in total. The monoisotopic (exact) mass is 247 g/mol. The van der Waals surface area contributed by atoms with Crippen molar-refractivity contribution in [2.24, 2.45) is 0 Å². The van der Waals surface area contributed by atoms with Crippen molar-refractivity contribution in [3.63, 3.8) is 0 Å². The topological polar surface area (TPSA) is 120 Å². The van der Waals surface area contributed by atoms with Crippen LogP contribution in [0.15, 0.2) is 5.03 Å². The normalized spacial score (nSPS) is 11.4. The van der Waals surface area contributed by atoms with E-state index in [1.54, 1.807) is 0 Å². The fourth-order valence-electron chi connectivity index (χ4n) is 0.995. The van der Waals surface area contributed by atoms with Crippen molar-refractivity contribution in [3.8, 4) is 0 Å². The Bertz CT molecular complexity index is 492.